The van der Waals surface area contributed by atoms with Gasteiger partial charge >= 0.3 is 6.03 Å². The number of carbonyl (C=O) groups is 2. The summed E-state index contributed by atoms with van der Waals surface area (Å²) in [5.41, 5.74) is 4.99. The molecule has 0 radical (unpaired) electrons. The summed E-state index contributed by atoms with van der Waals surface area (Å²) in [6, 6.07) is -0.624. The molecule has 4 heteroatoms. The molecule has 2 N–H and O–H groups in total. The number of hydrogen-bond acceptors (Lipinski definition) is 2. The van der Waals surface area contributed by atoms with Gasteiger partial charge in [0, 0.05) is 12.5 Å². The highest BCUT2D eigenvalue weighted by Gasteiger charge is 2.27. The summed E-state index contributed by atoms with van der Waals surface area (Å²) in [7, 11) is 0. The molecule has 1 atom stereocenters. The van der Waals surface area contributed by atoms with E-state index in [0.717, 1.165) is 17.7 Å². The first-order valence-corrected chi connectivity index (χ1v) is 3.73. The molecule has 0 aromatic rings. The van der Waals surface area contributed by atoms with E-state index in [-0.39, 0.29) is 11.8 Å². The second kappa shape index (κ2) is 2.90. The Labute approximate surface area is 65.3 Å². The molecule has 0 aliphatic carbocycles. The monoisotopic (exact) mass is 156 g/mol. The molecule has 0 spiro atoms. The summed E-state index contributed by atoms with van der Waals surface area (Å²) < 4.78 is 0. The fraction of sp³-hybridized carbons (Fsp3) is 0.714. The van der Waals surface area contributed by atoms with Crippen molar-refractivity contribution >= 4 is 11.9 Å². The Morgan fingerprint density at radius 1 is 1.73 bits per heavy atom. The number of rotatable bonds is 0. The molecule has 1 unspecified atom stereocenters. The lowest BCUT2D eigenvalue weighted by molar-refractivity contribution is -0.134. The minimum atomic E-state index is -0.624. The summed E-state index contributed by atoms with van der Waals surface area (Å²) in [6.45, 7) is 2.30. The van der Waals surface area contributed by atoms with Crippen LogP contribution in [0.4, 0.5) is 4.79 Å². The van der Waals surface area contributed by atoms with E-state index in [1.165, 1.54) is 0 Å². The van der Waals surface area contributed by atoms with Crippen LogP contribution in [0.2, 0.25) is 0 Å². The molecule has 0 bridgehead atoms. The largest absolute Gasteiger partial charge is 0.351 e. The van der Waals surface area contributed by atoms with Crippen molar-refractivity contribution in [1.82, 2.24) is 4.90 Å². The number of piperidine rings is 1. The van der Waals surface area contributed by atoms with E-state index in [9.17, 15) is 9.59 Å². The molecule has 1 rings (SSSR count). The van der Waals surface area contributed by atoms with E-state index < -0.39 is 6.03 Å². The average molecular weight is 156 g/mol. The first-order chi connectivity index (χ1) is 5.13. The third-order valence-electron chi connectivity index (χ3n) is 1.97. The molecule has 62 valence electrons. The second-order valence-corrected chi connectivity index (χ2v) is 2.87. The number of nitrogens with two attached hydrogens (primary N) is 1. The van der Waals surface area contributed by atoms with Gasteiger partial charge < -0.3 is 5.73 Å². The van der Waals surface area contributed by atoms with Gasteiger partial charge in [-0.15, -0.1) is 0 Å². The summed E-state index contributed by atoms with van der Waals surface area (Å²) in [4.78, 5) is 22.9. The zero-order chi connectivity index (χ0) is 8.43. The highest BCUT2D eigenvalue weighted by Crippen LogP contribution is 2.16. The third-order valence-corrected chi connectivity index (χ3v) is 1.97. The SMILES string of the molecule is CC1CCCN(C(N)=O)C1=O. The molecule has 1 aliphatic heterocycles. The van der Waals surface area contributed by atoms with Crippen LogP contribution in [-0.4, -0.2) is 23.4 Å². The first kappa shape index (κ1) is 8.04. The molecular formula is C7H12N2O2. The van der Waals surface area contributed by atoms with Crippen LogP contribution in [0.1, 0.15) is 19.8 Å². The first-order valence-electron chi connectivity index (χ1n) is 3.73. The maximum atomic E-state index is 11.2. The van der Waals surface area contributed by atoms with Crippen LogP contribution in [0.3, 0.4) is 0 Å². The van der Waals surface area contributed by atoms with Crippen molar-refractivity contribution in [3.63, 3.8) is 0 Å². The van der Waals surface area contributed by atoms with Crippen molar-refractivity contribution in [3.8, 4) is 0 Å². The highest BCUT2D eigenvalue weighted by atomic mass is 16.2. The molecule has 3 amide bonds. The van der Waals surface area contributed by atoms with Crippen molar-refractivity contribution in [2.24, 2.45) is 11.7 Å². The van der Waals surface area contributed by atoms with Crippen molar-refractivity contribution < 1.29 is 9.59 Å². The van der Waals surface area contributed by atoms with Crippen LogP contribution in [0, 0.1) is 5.92 Å². The van der Waals surface area contributed by atoms with Crippen molar-refractivity contribution in [3.05, 3.63) is 0 Å². The Hall–Kier alpha value is -1.06. The Bertz CT molecular complexity index is 191. The van der Waals surface area contributed by atoms with Gasteiger partial charge in [-0.2, -0.15) is 0 Å². The van der Waals surface area contributed by atoms with Gasteiger partial charge in [0.25, 0.3) is 0 Å². The molecule has 1 aliphatic rings. The fourth-order valence-electron chi connectivity index (χ4n) is 1.27. The van der Waals surface area contributed by atoms with Crippen molar-refractivity contribution in [2.75, 3.05) is 6.54 Å². The normalized spacial score (nSPS) is 25.4. The molecule has 0 saturated carbocycles. The number of nitrogens with zero attached hydrogens (tertiary/aromatic N) is 1. The van der Waals surface area contributed by atoms with Crippen LogP contribution >= 0.6 is 0 Å². The smallest absolute Gasteiger partial charge is 0.321 e. The molecule has 1 fully saturated rings. The predicted octanol–water partition coefficient (Wildman–Crippen LogP) is 0.324. The van der Waals surface area contributed by atoms with Crippen LogP contribution in [-0.2, 0) is 4.79 Å². The predicted molar refractivity (Wildman–Crippen MR) is 39.7 cm³/mol. The Kier molecular flexibility index (Phi) is 2.12. The number of amides is 3. The van der Waals surface area contributed by atoms with Gasteiger partial charge in [0.1, 0.15) is 0 Å². The van der Waals surface area contributed by atoms with Gasteiger partial charge in [0.05, 0.1) is 0 Å². The van der Waals surface area contributed by atoms with Crippen LogP contribution < -0.4 is 5.73 Å². The Morgan fingerprint density at radius 3 is 2.82 bits per heavy atom. The van der Waals surface area contributed by atoms with Gasteiger partial charge in [-0.05, 0) is 12.8 Å². The highest BCUT2D eigenvalue weighted by molar-refractivity contribution is 5.95. The molecule has 1 heterocycles. The molecule has 0 aromatic heterocycles. The molecule has 11 heavy (non-hydrogen) atoms. The second-order valence-electron chi connectivity index (χ2n) is 2.87. The van der Waals surface area contributed by atoms with Gasteiger partial charge in [0.2, 0.25) is 5.91 Å². The number of hydrogen-bond donors (Lipinski definition) is 1. The standard InChI is InChI=1S/C7H12N2O2/c1-5-3-2-4-9(6(5)10)7(8)11/h5H,2-4H2,1H3,(H2,8,11). The summed E-state index contributed by atoms with van der Waals surface area (Å²) in [5.74, 6) is -0.181. The number of primary amides is 1. The molecular weight excluding hydrogens is 144 g/mol. The lowest BCUT2D eigenvalue weighted by Gasteiger charge is -2.27. The fourth-order valence-corrected chi connectivity index (χ4v) is 1.27. The van der Waals surface area contributed by atoms with E-state index in [0.29, 0.717) is 6.54 Å². The Balaban J connectivity index is 2.66. The molecule has 4 nitrogen and oxygen atoms in total. The summed E-state index contributed by atoms with van der Waals surface area (Å²) in [5, 5.41) is 0. The number of imide groups is 1. The van der Waals surface area contributed by atoms with Crippen LogP contribution in [0.5, 0.6) is 0 Å². The average Bonchev–Trinajstić information content (AvgIpc) is 1.94. The van der Waals surface area contributed by atoms with E-state index in [1.54, 1.807) is 0 Å². The zero-order valence-electron chi connectivity index (χ0n) is 6.54. The van der Waals surface area contributed by atoms with Crippen LogP contribution in [0.15, 0.2) is 0 Å². The van der Waals surface area contributed by atoms with Gasteiger partial charge in [-0.1, -0.05) is 6.92 Å². The third kappa shape index (κ3) is 1.50. The van der Waals surface area contributed by atoms with Gasteiger partial charge in [-0.25, -0.2) is 4.79 Å². The number of urea groups is 1. The summed E-state index contributed by atoms with van der Waals surface area (Å²) >= 11 is 0. The van der Waals surface area contributed by atoms with Crippen molar-refractivity contribution in [2.45, 2.75) is 19.8 Å². The molecule has 1 saturated heterocycles. The summed E-state index contributed by atoms with van der Waals surface area (Å²) in [6.07, 6.45) is 1.73. The lowest BCUT2D eigenvalue weighted by atomic mass is 10.00. The minimum Gasteiger partial charge on any atom is -0.351 e. The van der Waals surface area contributed by atoms with E-state index in [4.69, 9.17) is 5.73 Å². The van der Waals surface area contributed by atoms with Crippen molar-refractivity contribution in [1.29, 1.82) is 0 Å². The molecule has 0 aromatic carbocycles. The van der Waals surface area contributed by atoms with E-state index in [1.807, 2.05) is 6.92 Å². The van der Waals surface area contributed by atoms with Gasteiger partial charge in [-0.3, -0.25) is 9.69 Å². The Morgan fingerprint density at radius 2 is 2.36 bits per heavy atom. The minimum absolute atomic E-state index is 0.0451. The quantitative estimate of drug-likeness (QED) is 0.549. The topological polar surface area (TPSA) is 63.4 Å². The lowest BCUT2D eigenvalue weighted by Crippen LogP contribution is -2.46. The maximum Gasteiger partial charge on any atom is 0.321 e. The van der Waals surface area contributed by atoms with Gasteiger partial charge in [0.15, 0.2) is 0 Å². The number of likely N-dealkylation sites (tertiary alicyclic amines) is 1. The maximum absolute atomic E-state index is 11.2. The van der Waals surface area contributed by atoms with Crippen LogP contribution in [0.25, 0.3) is 0 Å². The zero-order valence-corrected chi connectivity index (χ0v) is 6.54. The van der Waals surface area contributed by atoms with E-state index >= 15 is 0 Å². The number of carbonyl (C=O) groups excluding carboxylic acids is 2. The van der Waals surface area contributed by atoms with E-state index in [2.05, 4.69) is 0 Å².